The highest BCUT2D eigenvalue weighted by Crippen LogP contribution is 2.39. The van der Waals surface area contributed by atoms with Crippen molar-refractivity contribution >= 4 is 17.6 Å². The zero-order valence-corrected chi connectivity index (χ0v) is 18.5. The number of rotatable bonds is 8. The first-order valence-electron chi connectivity index (χ1n) is 10.2. The van der Waals surface area contributed by atoms with E-state index in [-0.39, 0.29) is 47.0 Å². The lowest BCUT2D eigenvalue weighted by molar-refractivity contribution is 0.0817. The number of hydrogen-bond donors (Lipinski definition) is 0. The number of halogens is 3. The van der Waals surface area contributed by atoms with Gasteiger partial charge in [-0.15, -0.1) is 11.8 Å². The quantitative estimate of drug-likeness (QED) is 0.437. The fraction of sp³-hybridized carbons (Fsp3) is 0.261. The summed E-state index contributed by atoms with van der Waals surface area (Å²) in [5.41, 5.74) is 1.70. The second kappa shape index (κ2) is 10.4. The Hall–Kier alpha value is -3.83. The topological polar surface area (TPSA) is 98.7 Å². The number of thioether (sulfide) groups is 1. The molecule has 0 aromatic carbocycles. The molecule has 3 aromatic heterocycles. The number of pyridine rings is 3. The number of aromatic nitrogens is 3. The zero-order chi connectivity index (χ0) is 24.1. The molecule has 7 nitrogen and oxygen atoms in total. The van der Waals surface area contributed by atoms with Gasteiger partial charge >= 0.3 is 0 Å². The van der Waals surface area contributed by atoms with E-state index in [1.807, 2.05) is 6.07 Å². The normalized spacial score (nSPS) is 13.3. The largest absolute Gasteiger partial charge is 0.486 e. The van der Waals surface area contributed by atoms with Crippen molar-refractivity contribution in [1.29, 1.82) is 10.5 Å². The summed E-state index contributed by atoms with van der Waals surface area (Å²) < 4.78 is 43.4. The van der Waals surface area contributed by atoms with E-state index in [0.717, 1.165) is 5.56 Å². The van der Waals surface area contributed by atoms with Gasteiger partial charge in [0.25, 0.3) is 6.43 Å². The van der Waals surface area contributed by atoms with Crippen LogP contribution in [0.3, 0.4) is 0 Å². The molecule has 4 heterocycles. The molecule has 0 atom stereocenters. The summed E-state index contributed by atoms with van der Waals surface area (Å²) in [6.07, 6.45) is 0.955. The molecule has 0 N–H and O–H groups in total. The molecule has 0 amide bonds. The van der Waals surface area contributed by atoms with E-state index in [4.69, 9.17) is 4.74 Å². The third-order valence-corrected chi connectivity index (χ3v) is 6.02. The molecule has 1 saturated heterocycles. The SMILES string of the molecule is N#Cc1c(SCc2cccnc2)nc(N2CC(F)C2)c(C#N)c1-c1ccc(OCC(F)F)cn1. The smallest absolute Gasteiger partial charge is 0.272 e. The van der Waals surface area contributed by atoms with E-state index in [9.17, 15) is 23.7 Å². The Kier molecular flexibility index (Phi) is 7.14. The van der Waals surface area contributed by atoms with Crippen LogP contribution in [-0.2, 0) is 5.75 Å². The minimum atomic E-state index is -2.63. The van der Waals surface area contributed by atoms with Crippen molar-refractivity contribution in [2.24, 2.45) is 0 Å². The number of nitrogens with zero attached hydrogens (tertiary/aromatic N) is 6. The van der Waals surface area contributed by atoms with Crippen LogP contribution in [0.25, 0.3) is 11.3 Å². The summed E-state index contributed by atoms with van der Waals surface area (Å²) in [7, 11) is 0. The van der Waals surface area contributed by atoms with Gasteiger partial charge in [0.05, 0.1) is 30.5 Å². The first kappa shape index (κ1) is 23.3. The highest BCUT2D eigenvalue weighted by molar-refractivity contribution is 7.98. The van der Waals surface area contributed by atoms with Crippen LogP contribution in [-0.4, -0.2) is 47.2 Å². The number of ether oxygens (including phenoxy) is 1. The lowest BCUT2D eigenvalue weighted by Crippen LogP contribution is -2.49. The molecule has 172 valence electrons. The van der Waals surface area contributed by atoms with Crippen molar-refractivity contribution in [2.45, 2.75) is 23.4 Å². The van der Waals surface area contributed by atoms with Gasteiger partial charge in [-0.1, -0.05) is 6.07 Å². The van der Waals surface area contributed by atoms with E-state index in [1.54, 1.807) is 23.4 Å². The maximum atomic E-state index is 13.6. The number of nitriles is 2. The Labute approximate surface area is 197 Å². The number of hydrogen-bond acceptors (Lipinski definition) is 8. The van der Waals surface area contributed by atoms with E-state index >= 15 is 0 Å². The van der Waals surface area contributed by atoms with E-state index in [0.29, 0.717) is 10.8 Å². The summed E-state index contributed by atoms with van der Waals surface area (Å²) in [4.78, 5) is 14.5. The van der Waals surface area contributed by atoms with Gasteiger partial charge in [0.1, 0.15) is 47.1 Å². The number of anilines is 1. The van der Waals surface area contributed by atoms with Crippen LogP contribution in [0.1, 0.15) is 16.7 Å². The minimum absolute atomic E-state index is 0.0908. The molecule has 0 unspecified atom stereocenters. The van der Waals surface area contributed by atoms with Crippen LogP contribution in [0.15, 0.2) is 47.9 Å². The minimum Gasteiger partial charge on any atom is -0.486 e. The van der Waals surface area contributed by atoms with Crippen molar-refractivity contribution in [3.63, 3.8) is 0 Å². The van der Waals surface area contributed by atoms with Gasteiger partial charge in [-0.2, -0.15) is 10.5 Å². The Balaban J connectivity index is 1.77. The molecule has 4 rings (SSSR count). The van der Waals surface area contributed by atoms with E-state index in [1.165, 1.54) is 30.1 Å². The molecule has 1 aliphatic rings. The lowest BCUT2D eigenvalue weighted by atomic mass is 9.99. The predicted octanol–water partition coefficient (Wildman–Crippen LogP) is 4.38. The lowest BCUT2D eigenvalue weighted by Gasteiger charge is -2.36. The van der Waals surface area contributed by atoms with E-state index < -0.39 is 19.2 Å². The van der Waals surface area contributed by atoms with Crippen LogP contribution < -0.4 is 9.64 Å². The third kappa shape index (κ3) is 5.05. The highest BCUT2D eigenvalue weighted by atomic mass is 32.2. The molecule has 11 heteroatoms. The van der Waals surface area contributed by atoms with Crippen molar-refractivity contribution in [3.8, 4) is 29.1 Å². The molecule has 34 heavy (non-hydrogen) atoms. The van der Waals surface area contributed by atoms with Crippen LogP contribution >= 0.6 is 11.8 Å². The summed E-state index contributed by atoms with van der Waals surface area (Å²) in [5.74, 6) is 0.878. The average molecular weight is 482 g/mol. The van der Waals surface area contributed by atoms with Crippen LogP contribution in [0.4, 0.5) is 19.0 Å². The molecule has 3 aromatic rings. The zero-order valence-electron chi connectivity index (χ0n) is 17.7. The third-order valence-electron chi connectivity index (χ3n) is 4.97. The van der Waals surface area contributed by atoms with Gasteiger partial charge in [-0.3, -0.25) is 9.97 Å². The van der Waals surface area contributed by atoms with Crippen molar-refractivity contribution in [1.82, 2.24) is 15.0 Å². The Morgan fingerprint density at radius 1 is 1.15 bits per heavy atom. The maximum absolute atomic E-state index is 13.6. The van der Waals surface area contributed by atoms with Gasteiger partial charge in [-0.25, -0.2) is 18.2 Å². The molecule has 1 aliphatic heterocycles. The monoisotopic (exact) mass is 482 g/mol. The van der Waals surface area contributed by atoms with Crippen molar-refractivity contribution in [3.05, 3.63) is 59.5 Å². The van der Waals surface area contributed by atoms with Crippen LogP contribution in [0, 0.1) is 22.7 Å². The van der Waals surface area contributed by atoms with Gasteiger partial charge in [0.15, 0.2) is 0 Å². The Morgan fingerprint density at radius 2 is 1.94 bits per heavy atom. The molecule has 0 radical (unpaired) electrons. The number of alkyl halides is 3. The van der Waals surface area contributed by atoms with Crippen molar-refractivity contribution < 1.29 is 17.9 Å². The average Bonchev–Trinajstić information content (AvgIpc) is 2.84. The maximum Gasteiger partial charge on any atom is 0.272 e. The summed E-state index contributed by atoms with van der Waals surface area (Å²) in [5, 5.41) is 20.3. The highest BCUT2D eigenvalue weighted by Gasteiger charge is 2.32. The molecule has 0 bridgehead atoms. The van der Waals surface area contributed by atoms with Gasteiger partial charge < -0.3 is 9.64 Å². The van der Waals surface area contributed by atoms with Gasteiger partial charge in [0, 0.05) is 23.7 Å². The Morgan fingerprint density at radius 3 is 2.53 bits per heavy atom. The fourth-order valence-corrected chi connectivity index (χ4v) is 4.27. The van der Waals surface area contributed by atoms with Gasteiger partial charge in [-0.05, 0) is 23.8 Å². The van der Waals surface area contributed by atoms with Crippen LogP contribution in [0.2, 0.25) is 0 Å². The van der Waals surface area contributed by atoms with Crippen LogP contribution in [0.5, 0.6) is 5.75 Å². The molecular formula is C23H17F3N6OS. The Bertz CT molecular complexity index is 1240. The second-order valence-electron chi connectivity index (χ2n) is 7.32. The predicted molar refractivity (Wildman–Crippen MR) is 119 cm³/mol. The molecule has 0 saturated carbocycles. The first-order valence-corrected chi connectivity index (χ1v) is 11.1. The summed E-state index contributed by atoms with van der Waals surface area (Å²) in [6, 6.07) is 10.8. The summed E-state index contributed by atoms with van der Waals surface area (Å²) in [6.45, 7) is -0.594. The van der Waals surface area contributed by atoms with Crippen molar-refractivity contribution in [2.75, 3.05) is 24.6 Å². The fourth-order valence-electron chi connectivity index (χ4n) is 3.36. The molecule has 0 spiro atoms. The van der Waals surface area contributed by atoms with Gasteiger partial charge in [0.2, 0.25) is 0 Å². The molecule has 0 aliphatic carbocycles. The second-order valence-corrected chi connectivity index (χ2v) is 8.29. The molecule has 1 fully saturated rings. The standard InChI is InChI=1S/C23H17F3N6OS/c24-15-10-32(11-15)22-17(6-27)21(19-4-3-16(9-30-19)33-12-20(25)26)18(7-28)23(31-22)34-13-14-2-1-5-29-8-14/h1-5,8-9,15,20H,10-13H2. The first-order chi connectivity index (χ1) is 16.5. The molecular weight excluding hydrogens is 465 g/mol. The van der Waals surface area contributed by atoms with E-state index in [2.05, 4.69) is 27.1 Å². The summed E-state index contributed by atoms with van der Waals surface area (Å²) >= 11 is 1.29.